The van der Waals surface area contributed by atoms with Crippen molar-refractivity contribution in [2.45, 2.75) is 24.7 Å². The van der Waals surface area contributed by atoms with Crippen molar-refractivity contribution in [1.29, 1.82) is 0 Å². The quantitative estimate of drug-likeness (QED) is 0.190. The van der Waals surface area contributed by atoms with Crippen molar-refractivity contribution in [3.8, 4) is 22.3 Å². The smallest absolute Gasteiger partial charge is 0.0529 e. The molecular formula is C47H34. The van der Waals surface area contributed by atoms with Crippen LogP contribution in [0.5, 0.6) is 0 Å². The lowest BCUT2D eigenvalue weighted by atomic mass is 9.61. The highest BCUT2D eigenvalue weighted by atomic mass is 14.5. The Hall–Kier alpha value is -5.46. The van der Waals surface area contributed by atoms with Crippen molar-refractivity contribution in [2.24, 2.45) is 5.92 Å². The fraction of sp³-hybridized carbons (Fsp3) is 0.106. The van der Waals surface area contributed by atoms with Gasteiger partial charge in [0, 0.05) is 0 Å². The second kappa shape index (κ2) is 10.3. The number of hydrogen-bond donors (Lipinski definition) is 0. The van der Waals surface area contributed by atoms with Gasteiger partial charge in [-0.25, -0.2) is 0 Å². The highest BCUT2D eigenvalue weighted by Crippen LogP contribution is 2.60. The highest BCUT2D eigenvalue weighted by Gasteiger charge is 2.50. The average Bonchev–Trinajstić information content (AvgIpc) is 3.45. The Bertz CT molecular complexity index is 2560. The zero-order chi connectivity index (χ0) is 31.0. The lowest BCUT2D eigenvalue weighted by Crippen LogP contribution is -2.40. The van der Waals surface area contributed by atoms with Crippen molar-refractivity contribution in [1.82, 2.24) is 0 Å². The molecule has 2 atom stereocenters. The average molecular weight is 599 g/mol. The molecule has 47 heavy (non-hydrogen) atoms. The first-order valence-electron chi connectivity index (χ1n) is 17.0. The largest absolute Gasteiger partial charge is 0.0836 e. The second-order valence-electron chi connectivity index (χ2n) is 13.5. The summed E-state index contributed by atoms with van der Waals surface area (Å²) in [5.41, 5.74) is 12.0. The standard InChI is InChI=1S/C47H34/c1-4-14-34-27-37(22-21-31(34)11-1)43-30-45-46(41-18-8-7-17-40(41)43)42-19-9-10-20-44(42)47(45,38-25-23-32-12-2-5-15-35(32)28-38)39-26-24-33-13-3-6-16-36(33)29-39/h2-10,12-25,27-30,39H,1,11,26H2. The van der Waals surface area contributed by atoms with Gasteiger partial charge in [-0.05, 0) is 125 Å². The van der Waals surface area contributed by atoms with E-state index in [2.05, 4.69) is 164 Å². The Kier molecular flexibility index (Phi) is 5.84. The van der Waals surface area contributed by atoms with Crippen molar-refractivity contribution < 1.29 is 0 Å². The minimum Gasteiger partial charge on any atom is -0.0836 e. The third-order valence-electron chi connectivity index (χ3n) is 11.2. The molecule has 0 nitrogen and oxygen atoms in total. The van der Waals surface area contributed by atoms with Crippen LogP contribution in [0, 0.1) is 5.92 Å². The first-order chi connectivity index (χ1) is 23.3. The molecule has 7 aromatic rings. The molecule has 10 rings (SSSR count). The molecule has 0 amide bonds. The molecule has 0 heterocycles. The molecule has 0 radical (unpaired) electrons. The van der Waals surface area contributed by atoms with Crippen LogP contribution in [-0.4, -0.2) is 0 Å². The number of benzene rings is 7. The maximum atomic E-state index is 2.58. The van der Waals surface area contributed by atoms with E-state index in [9.17, 15) is 0 Å². The van der Waals surface area contributed by atoms with E-state index in [4.69, 9.17) is 0 Å². The normalized spacial score (nSPS) is 18.9. The van der Waals surface area contributed by atoms with Crippen LogP contribution in [-0.2, 0) is 11.8 Å². The summed E-state index contributed by atoms with van der Waals surface area (Å²) < 4.78 is 0. The zero-order valence-electron chi connectivity index (χ0n) is 26.3. The molecule has 3 aliphatic rings. The van der Waals surface area contributed by atoms with Gasteiger partial charge in [-0.15, -0.1) is 0 Å². The van der Waals surface area contributed by atoms with Crippen LogP contribution >= 0.6 is 0 Å². The van der Waals surface area contributed by atoms with Crippen LogP contribution in [0.2, 0.25) is 0 Å². The topological polar surface area (TPSA) is 0 Å². The third kappa shape index (κ3) is 3.88. The van der Waals surface area contributed by atoms with Crippen LogP contribution in [0.25, 0.3) is 62.0 Å². The van der Waals surface area contributed by atoms with E-state index in [1.165, 1.54) is 82.1 Å². The van der Waals surface area contributed by atoms with Gasteiger partial charge in [-0.2, -0.15) is 0 Å². The summed E-state index contributed by atoms with van der Waals surface area (Å²) in [5.74, 6) is 0.237. The maximum Gasteiger partial charge on any atom is 0.0529 e. The van der Waals surface area contributed by atoms with E-state index in [1.807, 2.05) is 0 Å². The van der Waals surface area contributed by atoms with Gasteiger partial charge in [0.05, 0.1) is 5.41 Å². The predicted molar refractivity (Wildman–Crippen MR) is 199 cm³/mol. The van der Waals surface area contributed by atoms with E-state index in [1.54, 1.807) is 0 Å². The van der Waals surface area contributed by atoms with Gasteiger partial charge in [0.1, 0.15) is 0 Å². The fourth-order valence-corrected chi connectivity index (χ4v) is 9.05. The monoisotopic (exact) mass is 598 g/mol. The van der Waals surface area contributed by atoms with E-state index >= 15 is 0 Å². The van der Waals surface area contributed by atoms with Gasteiger partial charge >= 0.3 is 0 Å². The van der Waals surface area contributed by atoms with Crippen molar-refractivity contribution >= 4 is 39.8 Å². The Morgan fingerprint density at radius 2 is 1.36 bits per heavy atom. The summed E-state index contributed by atoms with van der Waals surface area (Å²) in [4.78, 5) is 0. The summed E-state index contributed by atoms with van der Waals surface area (Å²) in [6.07, 6.45) is 12.9. The molecule has 0 heteroatoms. The number of aryl methyl sites for hydroxylation is 1. The van der Waals surface area contributed by atoms with Crippen LogP contribution in [0.3, 0.4) is 0 Å². The molecule has 0 N–H and O–H groups in total. The molecule has 3 aliphatic carbocycles. The summed E-state index contributed by atoms with van der Waals surface area (Å²) in [7, 11) is 0. The summed E-state index contributed by atoms with van der Waals surface area (Å²) >= 11 is 0. The van der Waals surface area contributed by atoms with Gasteiger partial charge in [0.25, 0.3) is 0 Å². The molecule has 0 aliphatic heterocycles. The van der Waals surface area contributed by atoms with Crippen LogP contribution in [0.15, 0.2) is 146 Å². The Morgan fingerprint density at radius 3 is 2.30 bits per heavy atom. The summed E-state index contributed by atoms with van der Waals surface area (Å²) in [6.45, 7) is 0. The van der Waals surface area contributed by atoms with Gasteiger partial charge in [0.15, 0.2) is 0 Å². The van der Waals surface area contributed by atoms with Crippen molar-refractivity contribution in [3.63, 3.8) is 0 Å². The molecule has 222 valence electrons. The molecule has 7 aromatic carbocycles. The number of rotatable bonds is 3. The van der Waals surface area contributed by atoms with Crippen LogP contribution in [0.4, 0.5) is 0 Å². The second-order valence-corrected chi connectivity index (χ2v) is 13.5. The van der Waals surface area contributed by atoms with Gasteiger partial charge < -0.3 is 0 Å². The van der Waals surface area contributed by atoms with Crippen molar-refractivity contribution in [3.05, 3.63) is 184 Å². The summed E-state index contributed by atoms with van der Waals surface area (Å²) in [6, 6.07) is 53.0. The van der Waals surface area contributed by atoms with Gasteiger partial charge in [-0.1, -0.05) is 146 Å². The molecule has 0 saturated carbocycles. The number of allylic oxidation sites excluding steroid dienone is 1. The van der Waals surface area contributed by atoms with Crippen LogP contribution in [0.1, 0.15) is 40.7 Å². The van der Waals surface area contributed by atoms with E-state index < -0.39 is 0 Å². The molecule has 0 saturated heterocycles. The number of hydrogen-bond acceptors (Lipinski definition) is 0. The minimum absolute atomic E-state index is 0.237. The first-order valence-corrected chi connectivity index (χ1v) is 17.0. The lowest BCUT2D eigenvalue weighted by molar-refractivity contribution is 0.489. The maximum absolute atomic E-state index is 2.58. The van der Waals surface area contributed by atoms with E-state index in [-0.39, 0.29) is 11.3 Å². The molecular weight excluding hydrogens is 565 g/mol. The molecule has 2 unspecified atom stereocenters. The molecule has 0 fully saturated rings. The summed E-state index contributed by atoms with van der Waals surface area (Å²) in [5, 5.41) is 7.90. The van der Waals surface area contributed by atoms with E-state index in [0.29, 0.717) is 0 Å². The molecule has 0 bridgehead atoms. The van der Waals surface area contributed by atoms with Gasteiger partial charge in [-0.3, -0.25) is 0 Å². The zero-order valence-corrected chi connectivity index (χ0v) is 26.3. The first kappa shape index (κ1) is 26.7. The third-order valence-corrected chi connectivity index (χ3v) is 11.2. The predicted octanol–water partition coefficient (Wildman–Crippen LogP) is 10.2. The Morgan fingerprint density at radius 1 is 0.574 bits per heavy atom. The van der Waals surface area contributed by atoms with Crippen LogP contribution < -0.4 is 10.4 Å². The minimum atomic E-state index is -0.368. The Balaban J connectivity index is 1.35. The van der Waals surface area contributed by atoms with E-state index in [0.717, 1.165) is 19.3 Å². The van der Waals surface area contributed by atoms with Gasteiger partial charge in [0.2, 0.25) is 0 Å². The number of fused-ring (bicyclic) bond motifs is 8. The SMILES string of the molecule is C1=Cc2cc(-c3cc4c(c5ccccc35)-c3ccccc3C4(c3ccc4ccccc4c3)C3C=c4ccccc4=CC3)ccc2CC1. The Labute approximate surface area is 275 Å². The van der Waals surface area contributed by atoms with Crippen molar-refractivity contribution in [2.75, 3.05) is 0 Å². The molecule has 0 aromatic heterocycles. The lowest BCUT2D eigenvalue weighted by Gasteiger charge is -2.40. The fourth-order valence-electron chi connectivity index (χ4n) is 9.05. The highest BCUT2D eigenvalue weighted by molar-refractivity contribution is 6.10. The molecule has 0 spiro atoms.